The quantitative estimate of drug-likeness (QED) is 0.182. The topological polar surface area (TPSA) is 100 Å². The lowest BCUT2D eigenvalue weighted by Crippen LogP contribution is -2.14. The van der Waals surface area contributed by atoms with Crippen LogP contribution in [0, 0.1) is 17.0 Å². The van der Waals surface area contributed by atoms with E-state index in [1.54, 1.807) is 61.5 Å². The monoisotopic (exact) mass is 406 g/mol. The van der Waals surface area contributed by atoms with E-state index in [1.165, 1.54) is 25.5 Å². The van der Waals surface area contributed by atoms with Gasteiger partial charge in [-0.25, -0.2) is 4.79 Å². The Morgan fingerprint density at radius 1 is 1.00 bits per heavy atom. The molecule has 152 valence electrons. The zero-order valence-electron chi connectivity index (χ0n) is 16.3. The summed E-state index contributed by atoms with van der Waals surface area (Å²) in [5.74, 6) is 0.835. The minimum atomic E-state index is -0.914. The highest BCUT2D eigenvalue weighted by Crippen LogP contribution is 2.29. The van der Waals surface area contributed by atoms with Gasteiger partial charge in [0.25, 0.3) is 5.69 Å². The fourth-order valence-corrected chi connectivity index (χ4v) is 2.54. The Hall–Kier alpha value is -4.20. The fourth-order valence-electron chi connectivity index (χ4n) is 2.54. The van der Waals surface area contributed by atoms with Crippen LogP contribution in [0.4, 0.5) is 16.2 Å². The standard InChI is InChI=1S/C22H18N2O6/c1-15-8-10-17(24(26)27)13-19(15)23-14-16-9-11-20(28-2)21(12-16)30-22(25)29-18-6-4-3-5-7-18/h3-14H,1-2H3. The van der Waals surface area contributed by atoms with Crippen molar-refractivity contribution in [1.82, 2.24) is 0 Å². The summed E-state index contributed by atoms with van der Waals surface area (Å²) in [5, 5.41) is 11.0. The van der Waals surface area contributed by atoms with Crippen molar-refractivity contribution in [3.05, 3.63) is 88.0 Å². The Morgan fingerprint density at radius 3 is 2.47 bits per heavy atom. The molecule has 0 aliphatic carbocycles. The number of nitrogens with zero attached hydrogens (tertiary/aromatic N) is 2. The average Bonchev–Trinajstić information content (AvgIpc) is 2.73. The highest BCUT2D eigenvalue weighted by Gasteiger charge is 2.13. The molecule has 0 saturated heterocycles. The molecule has 0 unspecified atom stereocenters. The van der Waals surface area contributed by atoms with Crippen molar-refractivity contribution in [3.8, 4) is 17.2 Å². The van der Waals surface area contributed by atoms with E-state index in [9.17, 15) is 14.9 Å². The zero-order chi connectivity index (χ0) is 21.5. The second-order valence-corrected chi connectivity index (χ2v) is 6.16. The largest absolute Gasteiger partial charge is 0.519 e. The van der Waals surface area contributed by atoms with E-state index in [4.69, 9.17) is 14.2 Å². The number of carbonyl (C=O) groups excluding carboxylic acids is 1. The number of non-ortho nitro benzene ring substituents is 1. The minimum Gasteiger partial charge on any atom is -0.493 e. The van der Waals surface area contributed by atoms with Gasteiger partial charge in [-0.1, -0.05) is 24.3 Å². The summed E-state index contributed by atoms with van der Waals surface area (Å²) in [7, 11) is 1.45. The molecular weight excluding hydrogens is 388 g/mol. The number of methoxy groups -OCH3 is 1. The predicted molar refractivity (Wildman–Crippen MR) is 111 cm³/mol. The van der Waals surface area contributed by atoms with Crippen molar-refractivity contribution in [2.45, 2.75) is 6.92 Å². The van der Waals surface area contributed by atoms with E-state index >= 15 is 0 Å². The number of aliphatic imine (C=N–C) groups is 1. The van der Waals surface area contributed by atoms with E-state index < -0.39 is 11.1 Å². The van der Waals surface area contributed by atoms with Gasteiger partial charge in [0.05, 0.1) is 17.7 Å². The van der Waals surface area contributed by atoms with Crippen LogP contribution in [0.15, 0.2) is 71.7 Å². The number of rotatable bonds is 6. The predicted octanol–water partition coefficient (Wildman–Crippen LogP) is 5.24. The van der Waals surface area contributed by atoms with Crippen molar-refractivity contribution in [2.24, 2.45) is 4.99 Å². The molecule has 0 atom stereocenters. The smallest absolute Gasteiger partial charge is 0.493 e. The molecule has 0 aliphatic rings. The van der Waals surface area contributed by atoms with Gasteiger partial charge in [-0.3, -0.25) is 15.1 Å². The lowest BCUT2D eigenvalue weighted by molar-refractivity contribution is -0.384. The molecule has 0 bridgehead atoms. The number of benzene rings is 3. The first-order valence-electron chi connectivity index (χ1n) is 8.88. The zero-order valence-corrected chi connectivity index (χ0v) is 16.3. The number of carbonyl (C=O) groups is 1. The van der Waals surface area contributed by atoms with Gasteiger partial charge >= 0.3 is 6.16 Å². The van der Waals surface area contributed by atoms with Crippen LogP contribution in [0.2, 0.25) is 0 Å². The number of para-hydroxylation sites is 1. The van der Waals surface area contributed by atoms with E-state index in [-0.39, 0.29) is 11.4 Å². The van der Waals surface area contributed by atoms with E-state index in [0.717, 1.165) is 5.56 Å². The second kappa shape index (κ2) is 9.33. The molecule has 0 aliphatic heterocycles. The Kier molecular flexibility index (Phi) is 6.39. The molecule has 3 aromatic carbocycles. The lowest BCUT2D eigenvalue weighted by atomic mass is 10.2. The number of aryl methyl sites for hydroxylation is 1. The van der Waals surface area contributed by atoms with Gasteiger partial charge in [0.2, 0.25) is 0 Å². The molecule has 0 spiro atoms. The maximum Gasteiger partial charge on any atom is 0.519 e. The van der Waals surface area contributed by atoms with Gasteiger partial charge in [0.15, 0.2) is 11.5 Å². The van der Waals surface area contributed by atoms with Gasteiger partial charge in [0.1, 0.15) is 5.75 Å². The van der Waals surface area contributed by atoms with Crippen molar-refractivity contribution >= 4 is 23.7 Å². The minimum absolute atomic E-state index is 0.0461. The Labute approximate surface area is 172 Å². The Balaban J connectivity index is 1.80. The lowest BCUT2D eigenvalue weighted by Gasteiger charge is -2.10. The van der Waals surface area contributed by atoms with Crippen LogP contribution < -0.4 is 14.2 Å². The maximum absolute atomic E-state index is 12.1. The molecule has 0 saturated carbocycles. The molecule has 8 heteroatoms. The second-order valence-electron chi connectivity index (χ2n) is 6.16. The summed E-state index contributed by atoms with van der Waals surface area (Å²) in [6.45, 7) is 1.80. The van der Waals surface area contributed by atoms with Crippen LogP contribution in [0.3, 0.4) is 0 Å². The summed E-state index contributed by atoms with van der Waals surface area (Å²) in [4.78, 5) is 26.9. The summed E-state index contributed by atoms with van der Waals surface area (Å²) >= 11 is 0. The van der Waals surface area contributed by atoms with Gasteiger partial charge in [-0.2, -0.15) is 0 Å². The third-order valence-corrected chi connectivity index (χ3v) is 4.08. The molecule has 0 heterocycles. The Bertz CT molecular complexity index is 1100. The van der Waals surface area contributed by atoms with Crippen molar-refractivity contribution < 1.29 is 23.9 Å². The Morgan fingerprint density at radius 2 is 1.77 bits per heavy atom. The highest BCUT2D eigenvalue weighted by atomic mass is 16.7. The molecular formula is C22H18N2O6. The van der Waals surface area contributed by atoms with E-state index in [1.807, 2.05) is 0 Å². The normalized spacial score (nSPS) is 10.6. The third-order valence-electron chi connectivity index (χ3n) is 4.08. The number of nitro benzene ring substituents is 1. The van der Waals surface area contributed by atoms with E-state index in [2.05, 4.69) is 4.99 Å². The van der Waals surface area contributed by atoms with Crippen LogP contribution in [0.5, 0.6) is 17.2 Å². The van der Waals surface area contributed by atoms with Crippen molar-refractivity contribution in [2.75, 3.05) is 7.11 Å². The van der Waals surface area contributed by atoms with Crippen LogP contribution in [0.1, 0.15) is 11.1 Å². The summed E-state index contributed by atoms with van der Waals surface area (Å²) in [6.07, 6.45) is 0.601. The van der Waals surface area contributed by atoms with Crippen LogP contribution in [-0.2, 0) is 0 Å². The summed E-state index contributed by atoms with van der Waals surface area (Å²) < 4.78 is 15.6. The first kappa shape index (κ1) is 20.5. The molecule has 3 rings (SSSR count). The summed E-state index contributed by atoms with van der Waals surface area (Å²) in [6, 6.07) is 17.9. The first-order chi connectivity index (χ1) is 14.5. The van der Waals surface area contributed by atoms with Gasteiger partial charge in [0, 0.05) is 18.3 Å². The summed E-state index contributed by atoms with van der Waals surface area (Å²) in [5.41, 5.74) is 1.80. The average molecular weight is 406 g/mol. The first-order valence-corrected chi connectivity index (χ1v) is 8.88. The number of hydrogen-bond acceptors (Lipinski definition) is 7. The molecule has 0 aromatic heterocycles. The van der Waals surface area contributed by atoms with Crippen molar-refractivity contribution in [1.29, 1.82) is 0 Å². The van der Waals surface area contributed by atoms with Crippen LogP contribution >= 0.6 is 0 Å². The molecule has 30 heavy (non-hydrogen) atoms. The van der Waals surface area contributed by atoms with Gasteiger partial charge in [-0.15, -0.1) is 0 Å². The maximum atomic E-state index is 12.1. The molecule has 0 fully saturated rings. The van der Waals surface area contributed by atoms with Crippen LogP contribution in [0.25, 0.3) is 0 Å². The molecule has 0 amide bonds. The van der Waals surface area contributed by atoms with Gasteiger partial charge < -0.3 is 14.2 Å². The fraction of sp³-hybridized carbons (Fsp3) is 0.0909. The number of ether oxygens (including phenoxy) is 3. The number of hydrogen-bond donors (Lipinski definition) is 0. The molecule has 8 nitrogen and oxygen atoms in total. The SMILES string of the molecule is COc1ccc(C=Nc2cc([N+](=O)[O-])ccc2C)cc1OC(=O)Oc1ccccc1. The van der Waals surface area contributed by atoms with E-state index in [0.29, 0.717) is 22.7 Å². The van der Waals surface area contributed by atoms with Crippen LogP contribution in [-0.4, -0.2) is 24.4 Å². The molecule has 3 aromatic rings. The third kappa shape index (κ3) is 5.20. The molecule has 0 radical (unpaired) electrons. The highest BCUT2D eigenvalue weighted by molar-refractivity contribution is 5.84. The number of nitro groups is 1. The molecule has 0 N–H and O–H groups in total. The van der Waals surface area contributed by atoms with Crippen molar-refractivity contribution in [3.63, 3.8) is 0 Å². The van der Waals surface area contributed by atoms with Gasteiger partial charge in [-0.05, 0) is 48.4 Å².